The maximum atomic E-state index is 11.9. The fourth-order valence-corrected chi connectivity index (χ4v) is 1.55. The molecule has 1 heterocycles. The quantitative estimate of drug-likeness (QED) is 0.693. The lowest BCUT2D eigenvalue weighted by Crippen LogP contribution is -2.52. The predicted molar refractivity (Wildman–Crippen MR) is 61.3 cm³/mol. The molecule has 0 aromatic heterocycles. The Morgan fingerprint density at radius 1 is 1.69 bits per heavy atom. The zero-order chi connectivity index (χ0) is 12.0. The van der Waals surface area contributed by atoms with Crippen molar-refractivity contribution in [2.24, 2.45) is 0 Å². The Labute approximate surface area is 96.9 Å². The number of carbonyl (C=O) groups is 1. The van der Waals surface area contributed by atoms with Gasteiger partial charge in [0.25, 0.3) is 5.91 Å². The van der Waals surface area contributed by atoms with Crippen LogP contribution in [0.2, 0.25) is 0 Å². The van der Waals surface area contributed by atoms with E-state index in [2.05, 4.69) is 10.6 Å². The zero-order valence-electron chi connectivity index (χ0n) is 10.3. The molecule has 0 aliphatic carbocycles. The van der Waals surface area contributed by atoms with Crippen molar-refractivity contribution in [2.45, 2.75) is 31.9 Å². The molecule has 1 fully saturated rings. The second-order valence-corrected chi connectivity index (χ2v) is 4.22. The summed E-state index contributed by atoms with van der Waals surface area (Å²) in [6, 6.07) is 0.204. The van der Waals surface area contributed by atoms with Crippen molar-refractivity contribution in [3.05, 3.63) is 0 Å². The van der Waals surface area contributed by atoms with E-state index in [0.29, 0.717) is 19.6 Å². The van der Waals surface area contributed by atoms with Crippen molar-refractivity contribution >= 4 is 5.91 Å². The molecule has 0 bridgehead atoms. The van der Waals surface area contributed by atoms with Crippen LogP contribution in [-0.4, -0.2) is 51.0 Å². The summed E-state index contributed by atoms with van der Waals surface area (Å²) in [7, 11) is 1.56. The third kappa shape index (κ3) is 3.43. The van der Waals surface area contributed by atoms with Crippen LogP contribution in [0.1, 0.15) is 20.3 Å². The molecule has 1 aliphatic rings. The molecular weight excluding hydrogens is 208 g/mol. The largest absolute Gasteiger partial charge is 0.378 e. The van der Waals surface area contributed by atoms with E-state index < -0.39 is 5.60 Å². The van der Waals surface area contributed by atoms with E-state index in [0.717, 1.165) is 13.2 Å². The molecule has 5 nitrogen and oxygen atoms in total. The highest BCUT2D eigenvalue weighted by Crippen LogP contribution is 2.13. The number of methoxy groups -OCH3 is 1. The van der Waals surface area contributed by atoms with Crippen LogP contribution in [0.15, 0.2) is 0 Å². The van der Waals surface area contributed by atoms with Gasteiger partial charge in [-0.1, -0.05) is 6.92 Å². The van der Waals surface area contributed by atoms with Crippen molar-refractivity contribution in [3.63, 3.8) is 0 Å². The van der Waals surface area contributed by atoms with Crippen molar-refractivity contribution in [1.29, 1.82) is 0 Å². The molecule has 0 aromatic rings. The number of amides is 1. The SMILES string of the molecule is CCC(C)(OC)C(=O)NCC1COCCN1. The molecule has 5 heteroatoms. The second kappa shape index (κ2) is 6.18. The molecule has 1 amide bonds. The highest BCUT2D eigenvalue weighted by Gasteiger charge is 2.31. The molecule has 0 saturated carbocycles. The van der Waals surface area contributed by atoms with Gasteiger partial charge in [-0.3, -0.25) is 4.79 Å². The van der Waals surface area contributed by atoms with E-state index in [-0.39, 0.29) is 11.9 Å². The predicted octanol–water partition coefficient (Wildman–Crippen LogP) is -0.0939. The average molecular weight is 230 g/mol. The van der Waals surface area contributed by atoms with E-state index in [1.54, 1.807) is 14.0 Å². The summed E-state index contributed by atoms with van der Waals surface area (Å²) in [5, 5.41) is 6.17. The van der Waals surface area contributed by atoms with Crippen molar-refractivity contribution in [1.82, 2.24) is 10.6 Å². The minimum absolute atomic E-state index is 0.0649. The monoisotopic (exact) mass is 230 g/mol. The van der Waals surface area contributed by atoms with Gasteiger partial charge >= 0.3 is 0 Å². The van der Waals surface area contributed by atoms with Gasteiger partial charge in [0.2, 0.25) is 0 Å². The van der Waals surface area contributed by atoms with Gasteiger partial charge in [0.15, 0.2) is 0 Å². The van der Waals surface area contributed by atoms with Crippen LogP contribution < -0.4 is 10.6 Å². The molecule has 0 radical (unpaired) electrons. The highest BCUT2D eigenvalue weighted by molar-refractivity contribution is 5.84. The Bertz CT molecular complexity index is 223. The molecule has 16 heavy (non-hydrogen) atoms. The average Bonchev–Trinajstić information content (AvgIpc) is 2.36. The van der Waals surface area contributed by atoms with Gasteiger partial charge in [-0.05, 0) is 13.3 Å². The van der Waals surface area contributed by atoms with Crippen LogP contribution in [0.5, 0.6) is 0 Å². The highest BCUT2D eigenvalue weighted by atomic mass is 16.5. The third-order valence-corrected chi connectivity index (χ3v) is 3.11. The summed E-state index contributed by atoms with van der Waals surface area (Å²) in [6.07, 6.45) is 0.657. The van der Waals surface area contributed by atoms with E-state index in [1.807, 2.05) is 6.92 Å². The standard InChI is InChI=1S/C11H22N2O3/c1-4-11(2,15-3)10(14)13-7-9-8-16-6-5-12-9/h9,12H,4-8H2,1-3H3,(H,13,14). The van der Waals surface area contributed by atoms with Gasteiger partial charge in [0.05, 0.1) is 13.2 Å². The molecule has 1 rings (SSSR count). The first-order valence-corrected chi connectivity index (χ1v) is 5.77. The fourth-order valence-electron chi connectivity index (χ4n) is 1.55. The van der Waals surface area contributed by atoms with Gasteiger partial charge in [0, 0.05) is 26.2 Å². The Hall–Kier alpha value is -0.650. The molecule has 2 unspecified atom stereocenters. The molecule has 94 valence electrons. The Balaban J connectivity index is 2.33. The van der Waals surface area contributed by atoms with Crippen molar-refractivity contribution < 1.29 is 14.3 Å². The topological polar surface area (TPSA) is 59.6 Å². The smallest absolute Gasteiger partial charge is 0.251 e. The summed E-state index contributed by atoms with van der Waals surface area (Å²) >= 11 is 0. The number of hydrogen-bond acceptors (Lipinski definition) is 4. The molecular formula is C11H22N2O3. The van der Waals surface area contributed by atoms with Gasteiger partial charge in [-0.25, -0.2) is 0 Å². The Morgan fingerprint density at radius 3 is 2.94 bits per heavy atom. The summed E-state index contributed by atoms with van der Waals surface area (Å²) in [5.41, 5.74) is -0.727. The van der Waals surface area contributed by atoms with Gasteiger partial charge in [0.1, 0.15) is 5.60 Å². The van der Waals surface area contributed by atoms with E-state index in [9.17, 15) is 4.79 Å². The van der Waals surface area contributed by atoms with Crippen LogP contribution in [0.4, 0.5) is 0 Å². The molecule has 2 N–H and O–H groups in total. The van der Waals surface area contributed by atoms with Gasteiger partial charge < -0.3 is 20.1 Å². The van der Waals surface area contributed by atoms with E-state index in [1.165, 1.54) is 0 Å². The zero-order valence-corrected chi connectivity index (χ0v) is 10.3. The Kier molecular flexibility index (Phi) is 5.18. The lowest BCUT2D eigenvalue weighted by Gasteiger charge is -2.28. The molecule has 0 spiro atoms. The third-order valence-electron chi connectivity index (χ3n) is 3.11. The normalized spacial score (nSPS) is 24.8. The van der Waals surface area contributed by atoms with Crippen molar-refractivity contribution in [2.75, 3.05) is 33.4 Å². The molecule has 0 aromatic carbocycles. The number of hydrogen-bond donors (Lipinski definition) is 2. The van der Waals surface area contributed by atoms with Crippen LogP contribution in [-0.2, 0) is 14.3 Å². The minimum Gasteiger partial charge on any atom is -0.378 e. The van der Waals surface area contributed by atoms with E-state index >= 15 is 0 Å². The maximum Gasteiger partial charge on any atom is 0.251 e. The number of carbonyl (C=O) groups excluding carboxylic acids is 1. The summed E-state index contributed by atoms with van der Waals surface area (Å²) in [6.45, 7) is 6.55. The van der Waals surface area contributed by atoms with Crippen LogP contribution >= 0.6 is 0 Å². The van der Waals surface area contributed by atoms with E-state index in [4.69, 9.17) is 9.47 Å². The van der Waals surface area contributed by atoms with Crippen LogP contribution in [0.25, 0.3) is 0 Å². The number of rotatable bonds is 5. The summed E-state index contributed by atoms with van der Waals surface area (Å²) < 4.78 is 10.5. The first-order chi connectivity index (χ1) is 7.62. The summed E-state index contributed by atoms with van der Waals surface area (Å²) in [4.78, 5) is 11.9. The maximum absolute atomic E-state index is 11.9. The van der Waals surface area contributed by atoms with Crippen molar-refractivity contribution in [3.8, 4) is 0 Å². The molecule has 1 saturated heterocycles. The first kappa shape index (κ1) is 13.4. The number of ether oxygens (including phenoxy) is 2. The lowest BCUT2D eigenvalue weighted by atomic mass is 10.0. The molecule has 2 atom stereocenters. The number of morpholine rings is 1. The van der Waals surface area contributed by atoms with Gasteiger partial charge in [-0.2, -0.15) is 0 Å². The molecule has 1 aliphatic heterocycles. The lowest BCUT2D eigenvalue weighted by molar-refractivity contribution is -0.142. The van der Waals surface area contributed by atoms with Crippen LogP contribution in [0.3, 0.4) is 0 Å². The minimum atomic E-state index is -0.727. The van der Waals surface area contributed by atoms with Gasteiger partial charge in [-0.15, -0.1) is 0 Å². The summed E-state index contributed by atoms with van der Waals surface area (Å²) in [5.74, 6) is -0.0649. The second-order valence-electron chi connectivity index (χ2n) is 4.22. The first-order valence-electron chi connectivity index (χ1n) is 5.77. The van der Waals surface area contributed by atoms with Crippen LogP contribution in [0, 0.1) is 0 Å². The number of nitrogens with one attached hydrogen (secondary N) is 2. The fraction of sp³-hybridized carbons (Fsp3) is 0.909. The Morgan fingerprint density at radius 2 is 2.44 bits per heavy atom.